The van der Waals surface area contributed by atoms with Crippen LogP contribution >= 0.6 is 11.5 Å². The van der Waals surface area contributed by atoms with Gasteiger partial charge in [0.15, 0.2) is 0 Å². The van der Waals surface area contributed by atoms with E-state index in [2.05, 4.69) is 25.1 Å². The molecule has 0 radical (unpaired) electrons. The highest BCUT2D eigenvalue weighted by Gasteiger charge is 2.13. The Labute approximate surface area is 89.9 Å². The van der Waals surface area contributed by atoms with Crippen molar-refractivity contribution in [2.75, 3.05) is 5.32 Å². The summed E-state index contributed by atoms with van der Waals surface area (Å²) in [5.41, 5.74) is 2.31. The van der Waals surface area contributed by atoms with Gasteiger partial charge < -0.3 is 5.32 Å². The Kier molecular flexibility index (Phi) is 2.46. The van der Waals surface area contributed by atoms with Crippen molar-refractivity contribution < 1.29 is 4.79 Å². The second-order valence-electron chi connectivity index (χ2n) is 3.04. The third kappa shape index (κ3) is 1.86. The van der Waals surface area contributed by atoms with Gasteiger partial charge >= 0.3 is 0 Å². The first kappa shape index (κ1) is 9.78. The number of aromatic amines is 1. The predicted molar refractivity (Wildman–Crippen MR) is 55.9 cm³/mol. The van der Waals surface area contributed by atoms with Crippen molar-refractivity contribution >= 4 is 23.1 Å². The third-order valence-corrected chi connectivity index (χ3v) is 2.62. The van der Waals surface area contributed by atoms with Gasteiger partial charge in [-0.15, -0.1) is 5.10 Å². The number of hydrogen-bond donors (Lipinski definition) is 2. The number of H-pyrrole nitrogens is 1. The Bertz CT molecular complexity index is 456. The zero-order chi connectivity index (χ0) is 10.8. The molecule has 2 N–H and O–H groups in total. The number of aryl methyl sites for hydroxylation is 2. The number of hydrogen-bond acceptors (Lipinski definition) is 5. The molecule has 0 bridgehead atoms. The summed E-state index contributed by atoms with van der Waals surface area (Å²) >= 11 is 1.06. The maximum Gasteiger partial charge on any atom is 0.269 e. The number of aromatic nitrogens is 4. The average Bonchev–Trinajstić information content (AvgIpc) is 2.82. The van der Waals surface area contributed by atoms with Crippen LogP contribution in [0.2, 0.25) is 0 Å². The molecule has 6 nitrogen and oxygen atoms in total. The summed E-state index contributed by atoms with van der Waals surface area (Å²) < 4.78 is 3.62. The summed E-state index contributed by atoms with van der Waals surface area (Å²) in [6, 6.07) is 0. The Morgan fingerprint density at radius 1 is 1.53 bits per heavy atom. The molecule has 7 heteroatoms. The van der Waals surface area contributed by atoms with E-state index in [-0.39, 0.29) is 5.91 Å². The smallest absolute Gasteiger partial charge is 0.269 e. The molecule has 2 aromatic heterocycles. The predicted octanol–water partition coefficient (Wildman–Crippen LogP) is 1.13. The average molecular weight is 223 g/mol. The van der Waals surface area contributed by atoms with E-state index in [9.17, 15) is 4.79 Å². The third-order valence-electron chi connectivity index (χ3n) is 1.95. The van der Waals surface area contributed by atoms with Gasteiger partial charge in [0, 0.05) is 0 Å². The highest BCUT2D eigenvalue weighted by Crippen LogP contribution is 2.17. The number of anilines is 1. The Hall–Kier alpha value is -1.76. The lowest BCUT2D eigenvalue weighted by Crippen LogP contribution is -2.11. The molecule has 0 aliphatic rings. The second kappa shape index (κ2) is 3.77. The van der Waals surface area contributed by atoms with Crippen LogP contribution in [0.25, 0.3) is 0 Å². The van der Waals surface area contributed by atoms with Crippen LogP contribution in [-0.4, -0.2) is 25.7 Å². The number of carbonyl (C=O) groups is 1. The van der Waals surface area contributed by atoms with Gasteiger partial charge in [-0.05, 0) is 25.4 Å². The minimum absolute atomic E-state index is 0.211. The van der Waals surface area contributed by atoms with Crippen LogP contribution in [0.5, 0.6) is 0 Å². The molecule has 2 heterocycles. The van der Waals surface area contributed by atoms with Crippen molar-refractivity contribution in [3.8, 4) is 0 Å². The van der Waals surface area contributed by atoms with Gasteiger partial charge in [0.25, 0.3) is 5.91 Å². The van der Waals surface area contributed by atoms with Gasteiger partial charge in [-0.1, -0.05) is 4.49 Å². The van der Waals surface area contributed by atoms with Gasteiger partial charge in [0.05, 0.1) is 23.3 Å². The maximum atomic E-state index is 11.7. The minimum atomic E-state index is -0.211. The quantitative estimate of drug-likeness (QED) is 0.799. The summed E-state index contributed by atoms with van der Waals surface area (Å²) in [5.74, 6) is -0.211. The lowest BCUT2D eigenvalue weighted by molar-refractivity contribution is 0.103. The zero-order valence-corrected chi connectivity index (χ0v) is 9.05. The van der Waals surface area contributed by atoms with Crippen molar-refractivity contribution in [1.82, 2.24) is 19.8 Å². The Balaban J connectivity index is 2.20. The van der Waals surface area contributed by atoms with E-state index in [0.717, 1.165) is 22.9 Å². The van der Waals surface area contributed by atoms with Crippen LogP contribution in [-0.2, 0) is 0 Å². The van der Waals surface area contributed by atoms with E-state index in [1.165, 1.54) is 6.20 Å². The summed E-state index contributed by atoms with van der Waals surface area (Å²) in [6.07, 6.45) is 1.44. The second-order valence-corrected chi connectivity index (χ2v) is 3.83. The summed E-state index contributed by atoms with van der Waals surface area (Å²) in [5, 5.41) is 13.1. The number of nitrogens with zero attached hydrogens (tertiary/aromatic N) is 3. The molecule has 2 aromatic rings. The van der Waals surface area contributed by atoms with Gasteiger partial charge in [-0.25, -0.2) is 0 Å². The molecule has 1 amide bonds. The molecule has 2 rings (SSSR count). The Morgan fingerprint density at radius 2 is 2.33 bits per heavy atom. The van der Waals surface area contributed by atoms with E-state index in [1.807, 2.05) is 13.8 Å². The molecular weight excluding hydrogens is 214 g/mol. The van der Waals surface area contributed by atoms with Crippen molar-refractivity contribution in [2.24, 2.45) is 0 Å². The number of amides is 1. The van der Waals surface area contributed by atoms with E-state index in [4.69, 9.17) is 0 Å². The standard InChI is InChI=1S/C8H9N5OS/c1-4-7(5(2)12-11-4)10-8(14)6-3-9-13-15-6/h3H,1-2H3,(H,10,14)(H,11,12). The molecule has 0 unspecified atom stereocenters. The molecule has 0 aliphatic carbocycles. The zero-order valence-electron chi connectivity index (χ0n) is 8.24. The Morgan fingerprint density at radius 3 is 2.87 bits per heavy atom. The van der Waals surface area contributed by atoms with Crippen LogP contribution in [0.15, 0.2) is 6.20 Å². The normalized spacial score (nSPS) is 10.3. The molecule has 0 saturated heterocycles. The van der Waals surface area contributed by atoms with Gasteiger partial charge in [0.1, 0.15) is 4.88 Å². The number of nitrogens with one attached hydrogen (secondary N) is 2. The molecule has 0 aromatic carbocycles. The molecule has 0 saturated carbocycles. The van der Waals surface area contributed by atoms with Gasteiger partial charge in [-0.2, -0.15) is 5.10 Å². The molecule has 0 atom stereocenters. The fourth-order valence-electron chi connectivity index (χ4n) is 1.18. The lowest BCUT2D eigenvalue weighted by atomic mass is 10.3. The first-order chi connectivity index (χ1) is 7.18. The van der Waals surface area contributed by atoms with Crippen LogP contribution in [0.4, 0.5) is 5.69 Å². The van der Waals surface area contributed by atoms with Crippen molar-refractivity contribution in [2.45, 2.75) is 13.8 Å². The maximum absolute atomic E-state index is 11.7. The first-order valence-corrected chi connectivity index (χ1v) is 5.06. The van der Waals surface area contributed by atoms with Crippen LogP contribution in [0, 0.1) is 13.8 Å². The number of carbonyl (C=O) groups excluding carboxylic acids is 1. The summed E-state index contributed by atoms with van der Waals surface area (Å²) in [6.45, 7) is 3.67. The molecule has 15 heavy (non-hydrogen) atoms. The van der Waals surface area contributed by atoms with Crippen molar-refractivity contribution in [1.29, 1.82) is 0 Å². The fourth-order valence-corrected chi connectivity index (χ4v) is 1.59. The summed E-state index contributed by atoms with van der Waals surface area (Å²) in [4.78, 5) is 12.1. The van der Waals surface area contributed by atoms with Crippen LogP contribution in [0.3, 0.4) is 0 Å². The topological polar surface area (TPSA) is 83.6 Å². The fraction of sp³-hybridized carbons (Fsp3) is 0.250. The molecule has 0 spiro atoms. The van der Waals surface area contributed by atoms with Gasteiger partial charge in [0.2, 0.25) is 0 Å². The first-order valence-electron chi connectivity index (χ1n) is 4.28. The monoisotopic (exact) mass is 223 g/mol. The highest BCUT2D eigenvalue weighted by molar-refractivity contribution is 7.07. The number of rotatable bonds is 2. The molecule has 78 valence electrons. The SMILES string of the molecule is Cc1n[nH]c(C)c1NC(=O)c1cnns1. The minimum Gasteiger partial charge on any atom is -0.318 e. The van der Waals surface area contributed by atoms with E-state index in [0.29, 0.717) is 10.6 Å². The van der Waals surface area contributed by atoms with Gasteiger partial charge in [-0.3, -0.25) is 9.89 Å². The molecule has 0 aliphatic heterocycles. The van der Waals surface area contributed by atoms with Crippen molar-refractivity contribution in [3.63, 3.8) is 0 Å². The highest BCUT2D eigenvalue weighted by atomic mass is 32.1. The van der Waals surface area contributed by atoms with Crippen molar-refractivity contribution in [3.05, 3.63) is 22.5 Å². The molecule has 0 fully saturated rings. The molecular formula is C8H9N5OS. The van der Waals surface area contributed by atoms with Crippen LogP contribution < -0.4 is 5.32 Å². The summed E-state index contributed by atoms with van der Waals surface area (Å²) in [7, 11) is 0. The van der Waals surface area contributed by atoms with Crippen LogP contribution in [0.1, 0.15) is 21.1 Å². The van der Waals surface area contributed by atoms with E-state index < -0.39 is 0 Å². The van der Waals surface area contributed by atoms with E-state index >= 15 is 0 Å². The lowest BCUT2D eigenvalue weighted by Gasteiger charge is -2.01. The largest absolute Gasteiger partial charge is 0.318 e. The van der Waals surface area contributed by atoms with E-state index in [1.54, 1.807) is 0 Å².